The Morgan fingerprint density at radius 2 is 2.50 bits per heavy atom. The lowest BCUT2D eigenvalue weighted by Gasteiger charge is -2.40. The van der Waals surface area contributed by atoms with Crippen LogP contribution >= 0.6 is 15.9 Å². The van der Waals surface area contributed by atoms with Crippen LogP contribution in [-0.4, -0.2) is 11.7 Å². The van der Waals surface area contributed by atoms with Crippen LogP contribution < -0.4 is 0 Å². The van der Waals surface area contributed by atoms with Gasteiger partial charge >= 0.3 is 0 Å². The Kier molecular flexibility index (Phi) is 2.85. The molecule has 0 unspecified atom stereocenters. The summed E-state index contributed by atoms with van der Waals surface area (Å²) in [5, 5.41) is 9.33. The summed E-state index contributed by atoms with van der Waals surface area (Å²) in [4.78, 5) is 2.10. The highest BCUT2D eigenvalue weighted by Gasteiger charge is 2.44. The molecule has 0 spiro atoms. The molecular formula is C12H17BrO. The zero-order valence-corrected chi connectivity index (χ0v) is 10.2. The minimum atomic E-state index is 0.239. The molecule has 2 aliphatic carbocycles. The van der Waals surface area contributed by atoms with E-state index in [1.165, 1.54) is 30.4 Å². The van der Waals surface area contributed by atoms with Gasteiger partial charge in [-0.3, -0.25) is 0 Å². The van der Waals surface area contributed by atoms with Gasteiger partial charge in [0.1, 0.15) is 0 Å². The number of halogens is 1. The number of hydrogen-bond donors (Lipinski definition) is 1. The van der Waals surface area contributed by atoms with Gasteiger partial charge in [0.2, 0.25) is 0 Å². The van der Waals surface area contributed by atoms with E-state index in [9.17, 15) is 5.11 Å². The van der Waals surface area contributed by atoms with Crippen molar-refractivity contribution in [2.24, 2.45) is 11.3 Å². The van der Waals surface area contributed by atoms with Crippen LogP contribution in [0, 0.1) is 11.3 Å². The fourth-order valence-electron chi connectivity index (χ4n) is 3.08. The molecule has 0 radical (unpaired) electrons. The molecule has 0 aliphatic heterocycles. The predicted molar refractivity (Wildman–Crippen MR) is 62.2 cm³/mol. The quantitative estimate of drug-likeness (QED) is 0.714. The van der Waals surface area contributed by atoms with Crippen LogP contribution in [0.4, 0.5) is 0 Å². The molecule has 0 bridgehead atoms. The number of hydrogen-bond acceptors (Lipinski definition) is 1. The standard InChI is InChI=1S/C12H17BrO/c1-12-6-2-3-9(7-13)11(12)5-4-10(12)8-14/h4,7,11,14H,2-3,5-6,8H2,1H3/b9-7+/t11-,12+/m0/s1. The Balaban J connectivity index is 2.30. The maximum absolute atomic E-state index is 9.33. The summed E-state index contributed by atoms with van der Waals surface area (Å²) in [6, 6.07) is 0. The lowest BCUT2D eigenvalue weighted by Crippen LogP contribution is -2.31. The van der Waals surface area contributed by atoms with Crippen molar-refractivity contribution in [2.75, 3.05) is 6.61 Å². The number of allylic oxidation sites excluding steroid dienone is 2. The Morgan fingerprint density at radius 1 is 1.71 bits per heavy atom. The molecule has 1 fully saturated rings. The van der Waals surface area contributed by atoms with E-state index < -0.39 is 0 Å². The molecule has 2 aliphatic rings. The van der Waals surface area contributed by atoms with Gasteiger partial charge < -0.3 is 5.11 Å². The highest BCUT2D eigenvalue weighted by molar-refractivity contribution is 9.11. The minimum absolute atomic E-state index is 0.239. The van der Waals surface area contributed by atoms with Crippen LogP contribution in [0.15, 0.2) is 22.2 Å². The van der Waals surface area contributed by atoms with Crippen molar-refractivity contribution in [2.45, 2.75) is 32.6 Å². The van der Waals surface area contributed by atoms with Gasteiger partial charge in [-0.25, -0.2) is 0 Å². The van der Waals surface area contributed by atoms with Crippen LogP contribution in [0.5, 0.6) is 0 Å². The van der Waals surface area contributed by atoms with Crippen LogP contribution in [0.2, 0.25) is 0 Å². The van der Waals surface area contributed by atoms with Gasteiger partial charge in [-0.1, -0.05) is 34.5 Å². The van der Waals surface area contributed by atoms with E-state index in [0.717, 1.165) is 6.42 Å². The maximum Gasteiger partial charge on any atom is 0.0647 e. The Morgan fingerprint density at radius 3 is 3.14 bits per heavy atom. The van der Waals surface area contributed by atoms with Crippen molar-refractivity contribution in [3.8, 4) is 0 Å². The first-order valence-electron chi connectivity index (χ1n) is 5.32. The maximum atomic E-state index is 9.33. The summed E-state index contributed by atoms with van der Waals surface area (Å²) in [5.41, 5.74) is 3.03. The second kappa shape index (κ2) is 3.82. The van der Waals surface area contributed by atoms with Crippen LogP contribution in [0.1, 0.15) is 32.6 Å². The van der Waals surface area contributed by atoms with Crippen LogP contribution in [-0.2, 0) is 0 Å². The van der Waals surface area contributed by atoms with E-state index in [2.05, 4.69) is 33.9 Å². The summed E-state index contributed by atoms with van der Waals surface area (Å²) in [5.74, 6) is 0.637. The van der Waals surface area contributed by atoms with Gasteiger partial charge in [0.05, 0.1) is 6.61 Å². The summed E-state index contributed by atoms with van der Waals surface area (Å²) >= 11 is 3.47. The van der Waals surface area contributed by atoms with Crippen molar-refractivity contribution < 1.29 is 5.11 Å². The molecule has 78 valence electrons. The molecule has 0 aromatic rings. The normalized spacial score (nSPS) is 39.8. The fourth-order valence-corrected chi connectivity index (χ4v) is 3.63. The highest BCUT2D eigenvalue weighted by Crippen LogP contribution is 2.54. The molecule has 2 atom stereocenters. The fraction of sp³-hybridized carbons (Fsp3) is 0.667. The first kappa shape index (κ1) is 10.4. The zero-order valence-electron chi connectivity index (χ0n) is 8.59. The molecule has 0 heterocycles. The lowest BCUT2D eigenvalue weighted by atomic mass is 9.65. The van der Waals surface area contributed by atoms with E-state index in [0.29, 0.717) is 5.92 Å². The zero-order chi connectivity index (χ0) is 10.2. The molecule has 2 heteroatoms. The molecule has 0 aromatic carbocycles. The van der Waals surface area contributed by atoms with E-state index in [4.69, 9.17) is 0 Å². The van der Waals surface area contributed by atoms with E-state index in [-0.39, 0.29) is 12.0 Å². The summed E-state index contributed by atoms with van der Waals surface area (Å²) in [6.07, 6.45) is 7.06. The molecule has 2 rings (SSSR count). The smallest absolute Gasteiger partial charge is 0.0647 e. The number of fused-ring (bicyclic) bond motifs is 1. The highest BCUT2D eigenvalue weighted by atomic mass is 79.9. The van der Waals surface area contributed by atoms with Gasteiger partial charge in [0.25, 0.3) is 0 Å². The molecule has 1 nitrogen and oxygen atoms in total. The van der Waals surface area contributed by atoms with Gasteiger partial charge in [0.15, 0.2) is 0 Å². The van der Waals surface area contributed by atoms with E-state index in [1.807, 2.05) is 0 Å². The third kappa shape index (κ3) is 1.40. The van der Waals surface area contributed by atoms with Crippen LogP contribution in [0.3, 0.4) is 0 Å². The molecule has 0 saturated heterocycles. The molecule has 1 N–H and O–H groups in total. The van der Waals surface area contributed by atoms with Gasteiger partial charge in [-0.05, 0) is 47.6 Å². The largest absolute Gasteiger partial charge is 0.392 e. The van der Waals surface area contributed by atoms with Gasteiger partial charge in [-0.15, -0.1) is 0 Å². The summed E-state index contributed by atoms with van der Waals surface area (Å²) < 4.78 is 0. The molecule has 14 heavy (non-hydrogen) atoms. The van der Waals surface area contributed by atoms with Crippen molar-refractivity contribution in [1.29, 1.82) is 0 Å². The van der Waals surface area contributed by atoms with Crippen molar-refractivity contribution in [3.63, 3.8) is 0 Å². The lowest BCUT2D eigenvalue weighted by molar-refractivity contribution is 0.202. The molecular weight excluding hydrogens is 240 g/mol. The number of aliphatic hydroxyl groups is 1. The third-order valence-corrected chi connectivity index (χ3v) is 4.61. The average molecular weight is 257 g/mol. The minimum Gasteiger partial charge on any atom is -0.392 e. The summed E-state index contributed by atoms with van der Waals surface area (Å²) in [7, 11) is 0. The molecule has 0 aromatic heterocycles. The Hall–Kier alpha value is -0.0800. The second-order valence-electron chi connectivity index (χ2n) is 4.63. The van der Waals surface area contributed by atoms with Gasteiger partial charge in [0, 0.05) is 0 Å². The second-order valence-corrected chi connectivity index (χ2v) is 5.09. The topological polar surface area (TPSA) is 20.2 Å². The van der Waals surface area contributed by atoms with Crippen molar-refractivity contribution in [3.05, 3.63) is 22.2 Å². The van der Waals surface area contributed by atoms with E-state index >= 15 is 0 Å². The molecule has 1 saturated carbocycles. The van der Waals surface area contributed by atoms with Gasteiger partial charge in [-0.2, -0.15) is 0 Å². The number of rotatable bonds is 1. The van der Waals surface area contributed by atoms with Crippen molar-refractivity contribution in [1.82, 2.24) is 0 Å². The number of aliphatic hydroxyl groups excluding tert-OH is 1. The van der Waals surface area contributed by atoms with E-state index in [1.54, 1.807) is 0 Å². The van der Waals surface area contributed by atoms with Crippen LogP contribution in [0.25, 0.3) is 0 Å². The molecule has 0 amide bonds. The first-order chi connectivity index (χ1) is 6.72. The SMILES string of the molecule is C[C@]12CCC/C(=C\Br)[C@@H]1CC=C2CO. The Bertz CT molecular complexity index is 293. The predicted octanol–water partition coefficient (Wildman–Crippen LogP) is 3.39. The average Bonchev–Trinajstić information content (AvgIpc) is 2.53. The third-order valence-electron chi connectivity index (χ3n) is 4.02. The van der Waals surface area contributed by atoms with Crippen molar-refractivity contribution >= 4 is 15.9 Å². The Labute approximate surface area is 94.0 Å². The monoisotopic (exact) mass is 256 g/mol. The summed E-state index contributed by atoms with van der Waals surface area (Å²) in [6.45, 7) is 2.55. The first-order valence-corrected chi connectivity index (χ1v) is 6.23.